The molecule has 1 aliphatic heterocycles. The minimum Gasteiger partial charge on any atom is -0.495 e. The van der Waals surface area contributed by atoms with Gasteiger partial charge in [-0.1, -0.05) is 18.2 Å². The Hall–Kier alpha value is -3.32. The van der Waals surface area contributed by atoms with Gasteiger partial charge in [-0.25, -0.2) is 0 Å². The molecule has 1 heterocycles. The highest BCUT2D eigenvalue weighted by molar-refractivity contribution is 8.00. The first-order chi connectivity index (χ1) is 16.7. The molecule has 1 N–H and O–H groups in total. The van der Waals surface area contributed by atoms with Crippen molar-refractivity contribution in [2.75, 3.05) is 49.5 Å². The van der Waals surface area contributed by atoms with Crippen LogP contribution < -0.4 is 19.1 Å². The topological polar surface area (TPSA) is 54.0 Å². The Morgan fingerprint density at radius 2 is 1.79 bits per heavy atom. The molecule has 0 bridgehead atoms. The second-order valence-electron chi connectivity index (χ2n) is 7.99. The van der Waals surface area contributed by atoms with Gasteiger partial charge in [-0.05, 0) is 79.9 Å². The van der Waals surface area contributed by atoms with E-state index < -0.39 is 0 Å². The fourth-order valence-corrected chi connectivity index (χ4v) is 4.74. The van der Waals surface area contributed by atoms with Crippen LogP contribution in [0.1, 0.15) is 23.7 Å². The van der Waals surface area contributed by atoms with Gasteiger partial charge in [0, 0.05) is 42.3 Å². The molecule has 3 aromatic rings. The summed E-state index contributed by atoms with van der Waals surface area (Å²) in [7, 11) is 1.70. The Morgan fingerprint density at radius 1 is 0.971 bits per heavy atom. The van der Waals surface area contributed by atoms with Crippen LogP contribution in [0.25, 0.3) is 0 Å². The van der Waals surface area contributed by atoms with Crippen molar-refractivity contribution in [1.29, 1.82) is 0 Å². The fourth-order valence-electron chi connectivity index (χ4n) is 4.03. The zero-order chi connectivity index (χ0) is 23.8. The van der Waals surface area contributed by atoms with Crippen molar-refractivity contribution < 1.29 is 14.3 Å². The summed E-state index contributed by atoms with van der Waals surface area (Å²) in [6.45, 7) is 5.72. The van der Waals surface area contributed by atoms with Gasteiger partial charge < -0.3 is 24.0 Å². The third kappa shape index (κ3) is 5.97. The molecule has 34 heavy (non-hydrogen) atoms. The van der Waals surface area contributed by atoms with Gasteiger partial charge in [-0.15, -0.1) is 0 Å². The zero-order valence-electron chi connectivity index (χ0n) is 19.7. The highest BCUT2D eigenvalue weighted by atomic mass is 32.2. The largest absolute Gasteiger partial charge is 0.495 e. The lowest BCUT2D eigenvalue weighted by Gasteiger charge is -2.25. The Kier molecular flexibility index (Phi) is 8.20. The number of anilines is 2. The second kappa shape index (κ2) is 11.7. The predicted octanol–water partition coefficient (Wildman–Crippen LogP) is 5.57. The van der Waals surface area contributed by atoms with E-state index in [0.29, 0.717) is 18.7 Å². The van der Waals surface area contributed by atoms with Crippen LogP contribution in [0.15, 0.2) is 77.7 Å². The first-order valence-electron chi connectivity index (χ1n) is 11.6. The fraction of sp³-hybridized carbons (Fsp3) is 0.296. The molecular weight excluding hydrogens is 446 g/mol. The van der Waals surface area contributed by atoms with Gasteiger partial charge in [0.15, 0.2) is 0 Å². The molecule has 1 fully saturated rings. The van der Waals surface area contributed by atoms with Crippen molar-refractivity contribution in [2.24, 2.45) is 0 Å². The molecule has 4 rings (SSSR count). The van der Waals surface area contributed by atoms with Gasteiger partial charge in [-0.3, -0.25) is 4.79 Å². The maximum Gasteiger partial charge on any atom is 0.253 e. The summed E-state index contributed by atoms with van der Waals surface area (Å²) in [5, 5.41) is 0. The number of amides is 1. The van der Waals surface area contributed by atoms with E-state index >= 15 is 0 Å². The minimum atomic E-state index is 0.0744. The van der Waals surface area contributed by atoms with Crippen LogP contribution in [0.3, 0.4) is 0 Å². The summed E-state index contributed by atoms with van der Waals surface area (Å²) < 4.78 is 14.4. The quantitative estimate of drug-likeness (QED) is 0.429. The molecule has 0 saturated carbocycles. The number of hydrogen-bond acceptors (Lipinski definition) is 6. The standard InChI is InChI=1S/C27H31N3O3S/c1-3-33-23-14-12-22(13-15-23)28-34-24-9-6-8-21(20-24)27(31)30-17-7-16-29(18-19-30)25-10-4-5-11-26(25)32-2/h4-6,8-15,20,28H,3,7,16-19H2,1-2H3. The Morgan fingerprint density at radius 3 is 2.59 bits per heavy atom. The first kappa shape index (κ1) is 23.8. The molecule has 0 aromatic heterocycles. The zero-order valence-corrected chi connectivity index (χ0v) is 20.5. The van der Waals surface area contributed by atoms with E-state index in [1.165, 1.54) is 11.9 Å². The molecule has 1 aliphatic rings. The molecule has 0 aliphatic carbocycles. The van der Waals surface area contributed by atoms with Crippen molar-refractivity contribution in [3.05, 3.63) is 78.4 Å². The van der Waals surface area contributed by atoms with E-state index in [9.17, 15) is 4.79 Å². The minimum absolute atomic E-state index is 0.0744. The lowest BCUT2D eigenvalue weighted by molar-refractivity contribution is 0.0766. The van der Waals surface area contributed by atoms with E-state index in [2.05, 4.69) is 15.7 Å². The molecule has 0 radical (unpaired) electrons. The van der Waals surface area contributed by atoms with Gasteiger partial charge >= 0.3 is 0 Å². The number of methoxy groups -OCH3 is 1. The van der Waals surface area contributed by atoms with Gasteiger partial charge in [-0.2, -0.15) is 0 Å². The maximum atomic E-state index is 13.3. The highest BCUT2D eigenvalue weighted by Gasteiger charge is 2.22. The Labute approximate surface area is 206 Å². The van der Waals surface area contributed by atoms with Gasteiger partial charge in [0.25, 0.3) is 5.91 Å². The first-order valence-corrected chi connectivity index (χ1v) is 12.4. The van der Waals surface area contributed by atoms with Gasteiger partial charge in [0.1, 0.15) is 11.5 Å². The van der Waals surface area contributed by atoms with Crippen LogP contribution in [0, 0.1) is 0 Å². The smallest absolute Gasteiger partial charge is 0.253 e. The maximum absolute atomic E-state index is 13.3. The Bertz CT molecular complexity index is 1090. The summed E-state index contributed by atoms with van der Waals surface area (Å²) >= 11 is 1.49. The summed E-state index contributed by atoms with van der Waals surface area (Å²) in [6, 6.07) is 23.7. The normalized spacial score (nSPS) is 13.8. The highest BCUT2D eigenvalue weighted by Crippen LogP contribution is 2.29. The third-order valence-electron chi connectivity index (χ3n) is 5.74. The number of carbonyl (C=O) groups excluding carboxylic acids is 1. The van der Waals surface area contributed by atoms with E-state index in [4.69, 9.17) is 9.47 Å². The number of nitrogens with one attached hydrogen (secondary N) is 1. The summed E-state index contributed by atoms with van der Waals surface area (Å²) in [6.07, 6.45) is 0.914. The SMILES string of the molecule is CCOc1ccc(NSc2cccc(C(=O)N3CCCN(c4ccccc4OC)CC3)c2)cc1. The molecule has 3 aromatic carbocycles. The Balaban J connectivity index is 1.37. The number of hydrogen-bond donors (Lipinski definition) is 1. The van der Waals surface area contributed by atoms with Gasteiger partial charge in [0.2, 0.25) is 0 Å². The van der Waals surface area contributed by atoms with Crippen LogP contribution >= 0.6 is 11.9 Å². The van der Waals surface area contributed by atoms with Crippen LogP contribution in [0.5, 0.6) is 11.5 Å². The molecule has 0 unspecified atom stereocenters. The van der Waals surface area contributed by atoms with Crippen molar-refractivity contribution in [3.8, 4) is 11.5 Å². The molecule has 1 saturated heterocycles. The third-order valence-corrected chi connectivity index (χ3v) is 6.57. The van der Waals surface area contributed by atoms with E-state index in [-0.39, 0.29) is 5.91 Å². The van der Waals surface area contributed by atoms with Crippen LogP contribution in [-0.2, 0) is 0 Å². The lowest BCUT2D eigenvalue weighted by atomic mass is 10.2. The molecule has 178 valence electrons. The molecule has 6 nitrogen and oxygen atoms in total. The van der Waals surface area contributed by atoms with Gasteiger partial charge in [0.05, 0.1) is 19.4 Å². The van der Waals surface area contributed by atoms with E-state index in [1.807, 2.05) is 78.6 Å². The average molecular weight is 478 g/mol. The van der Waals surface area contributed by atoms with Crippen molar-refractivity contribution >= 4 is 29.2 Å². The number of carbonyl (C=O) groups is 1. The average Bonchev–Trinajstić information content (AvgIpc) is 3.14. The van der Waals surface area contributed by atoms with Crippen molar-refractivity contribution in [1.82, 2.24) is 4.90 Å². The monoisotopic (exact) mass is 477 g/mol. The molecular formula is C27H31N3O3S. The summed E-state index contributed by atoms with van der Waals surface area (Å²) in [4.78, 5) is 18.5. The van der Waals surface area contributed by atoms with Crippen molar-refractivity contribution in [2.45, 2.75) is 18.2 Å². The predicted molar refractivity (Wildman–Crippen MR) is 139 cm³/mol. The summed E-state index contributed by atoms with van der Waals surface area (Å²) in [5.41, 5.74) is 2.77. The number of nitrogens with zero attached hydrogens (tertiary/aromatic N) is 2. The number of ether oxygens (including phenoxy) is 2. The molecule has 1 amide bonds. The molecule has 0 atom stereocenters. The molecule has 7 heteroatoms. The lowest BCUT2D eigenvalue weighted by Crippen LogP contribution is -2.35. The van der Waals surface area contributed by atoms with Crippen LogP contribution in [-0.4, -0.2) is 50.7 Å². The number of rotatable bonds is 8. The van der Waals surface area contributed by atoms with Crippen LogP contribution in [0.2, 0.25) is 0 Å². The second-order valence-corrected chi connectivity index (χ2v) is 8.87. The van der Waals surface area contributed by atoms with Crippen molar-refractivity contribution in [3.63, 3.8) is 0 Å². The number of para-hydroxylation sites is 2. The van der Waals surface area contributed by atoms with Crippen LogP contribution in [0.4, 0.5) is 11.4 Å². The van der Waals surface area contributed by atoms with E-state index in [0.717, 1.165) is 53.8 Å². The number of benzene rings is 3. The molecule has 0 spiro atoms. The van der Waals surface area contributed by atoms with E-state index in [1.54, 1.807) is 7.11 Å². The summed E-state index contributed by atoms with van der Waals surface area (Å²) in [5.74, 6) is 1.80.